The molecule has 1 aliphatic rings. The second kappa shape index (κ2) is 11.4. The van der Waals surface area contributed by atoms with Crippen LogP contribution in [0.25, 0.3) is 11.5 Å². The minimum atomic E-state index is -4.52. The number of nitrogens with zero attached hydrogens (tertiary/aromatic N) is 3. The summed E-state index contributed by atoms with van der Waals surface area (Å²) in [5, 5.41) is 8.12. The van der Waals surface area contributed by atoms with E-state index in [9.17, 15) is 26.3 Å². The van der Waals surface area contributed by atoms with Gasteiger partial charge in [-0.15, -0.1) is 22.6 Å². The number of rotatable bonds is 6. The highest BCUT2D eigenvalue weighted by atomic mass is 35.5. The first kappa shape index (κ1) is 28.3. The Labute approximate surface area is 215 Å². The first-order valence-electron chi connectivity index (χ1n) is 11.0. The summed E-state index contributed by atoms with van der Waals surface area (Å²) in [6, 6.07) is 11.5. The van der Waals surface area contributed by atoms with Crippen molar-refractivity contribution in [3.05, 3.63) is 70.6 Å². The van der Waals surface area contributed by atoms with E-state index in [4.69, 9.17) is 16.0 Å². The third-order valence-corrected chi connectivity index (χ3v) is 6.36. The number of piperidine rings is 1. The van der Waals surface area contributed by atoms with E-state index in [-0.39, 0.29) is 43.2 Å². The molecule has 3 aromatic rings. The number of likely N-dealkylation sites (tertiary alicyclic amines) is 1. The SMILES string of the molecule is Cl.FC(F)(F)c1cccc(C2CCCN(CC(Cc3nnc(-c4ccc(Cl)cc4)o3)C(F)(F)F)C2)c1. The molecule has 0 bridgehead atoms. The molecule has 1 aromatic heterocycles. The van der Waals surface area contributed by atoms with E-state index in [1.54, 1.807) is 35.2 Å². The first-order valence-corrected chi connectivity index (χ1v) is 11.4. The molecule has 2 unspecified atom stereocenters. The van der Waals surface area contributed by atoms with Gasteiger partial charge in [0.25, 0.3) is 0 Å². The number of hydrogen-bond donors (Lipinski definition) is 0. The summed E-state index contributed by atoms with van der Waals surface area (Å²) in [5.74, 6) is -2.08. The minimum Gasteiger partial charge on any atom is -0.421 e. The van der Waals surface area contributed by atoms with Crippen LogP contribution in [0.15, 0.2) is 52.9 Å². The van der Waals surface area contributed by atoms with Crippen LogP contribution >= 0.6 is 24.0 Å². The lowest BCUT2D eigenvalue weighted by molar-refractivity contribution is -0.180. The van der Waals surface area contributed by atoms with Crippen molar-refractivity contribution in [3.63, 3.8) is 0 Å². The van der Waals surface area contributed by atoms with Gasteiger partial charge in [-0.25, -0.2) is 0 Å². The monoisotopic (exact) mass is 553 g/mol. The van der Waals surface area contributed by atoms with Crippen molar-refractivity contribution in [2.75, 3.05) is 19.6 Å². The van der Waals surface area contributed by atoms with Crippen LogP contribution in [0.4, 0.5) is 26.3 Å². The molecule has 4 rings (SSSR count). The van der Waals surface area contributed by atoms with E-state index in [1.165, 1.54) is 6.07 Å². The van der Waals surface area contributed by atoms with Crippen molar-refractivity contribution < 1.29 is 30.8 Å². The average Bonchev–Trinajstić information content (AvgIpc) is 3.27. The molecular weight excluding hydrogens is 531 g/mol. The van der Waals surface area contributed by atoms with Crippen LogP contribution in [0.5, 0.6) is 0 Å². The van der Waals surface area contributed by atoms with Crippen LogP contribution < -0.4 is 0 Å². The van der Waals surface area contributed by atoms with Gasteiger partial charge in [0, 0.05) is 30.1 Å². The molecule has 2 heterocycles. The lowest BCUT2D eigenvalue weighted by atomic mass is 9.89. The normalized spacial score (nSPS) is 18.0. The molecule has 0 N–H and O–H groups in total. The van der Waals surface area contributed by atoms with E-state index in [2.05, 4.69) is 10.2 Å². The smallest absolute Gasteiger partial charge is 0.416 e. The quantitative estimate of drug-likeness (QED) is 0.297. The molecule has 196 valence electrons. The van der Waals surface area contributed by atoms with Gasteiger partial charge >= 0.3 is 12.4 Å². The highest BCUT2D eigenvalue weighted by molar-refractivity contribution is 6.30. The Kier molecular flexibility index (Phi) is 8.95. The molecule has 0 spiro atoms. The zero-order valence-corrected chi connectivity index (χ0v) is 20.4. The summed E-state index contributed by atoms with van der Waals surface area (Å²) in [6.07, 6.45) is -8.27. The summed E-state index contributed by atoms with van der Waals surface area (Å²) in [4.78, 5) is 1.66. The van der Waals surface area contributed by atoms with Gasteiger partial charge in [-0.3, -0.25) is 0 Å². The average molecular weight is 554 g/mol. The maximum Gasteiger partial charge on any atom is 0.416 e. The van der Waals surface area contributed by atoms with Gasteiger partial charge in [-0.2, -0.15) is 26.3 Å². The molecule has 1 aliphatic heterocycles. The zero-order valence-electron chi connectivity index (χ0n) is 18.8. The maximum atomic E-state index is 13.9. The Morgan fingerprint density at radius 3 is 2.42 bits per heavy atom. The molecule has 2 aromatic carbocycles. The van der Waals surface area contributed by atoms with Crippen molar-refractivity contribution >= 4 is 24.0 Å². The molecule has 1 saturated heterocycles. The van der Waals surface area contributed by atoms with Gasteiger partial charge in [0.2, 0.25) is 11.8 Å². The Morgan fingerprint density at radius 1 is 1.03 bits per heavy atom. The Balaban J connectivity index is 0.00000361. The lowest BCUT2D eigenvalue weighted by Gasteiger charge is -2.35. The van der Waals surface area contributed by atoms with Crippen molar-refractivity contribution in [1.29, 1.82) is 0 Å². The highest BCUT2D eigenvalue weighted by Gasteiger charge is 2.42. The number of benzene rings is 2. The molecule has 0 saturated carbocycles. The van der Waals surface area contributed by atoms with Crippen LogP contribution in [-0.4, -0.2) is 40.9 Å². The summed E-state index contributed by atoms with van der Waals surface area (Å²) in [6.45, 7) is 0.368. The first-order chi connectivity index (χ1) is 16.5. The van der Waals surface area contributed by atoms with Crippen molar-refractivity contribution in [1.82, 2.24) is 15.1 Å². The Bertz CT molecular complexity index is 1130. The number of aromatic nitrogens is 2. The van der Waals surface area contributed by atoms with Crippen LogP contribution in [0.2, 0.25) is 5.02 Å². The predicted molar refractivity (Wildman–Crippen MR) is 125 cm³/mol. The molecule has 36 heavy (non-hydrogen) atoms. The van der Waals surface area contributed by atoms with Gasteiger partial charge in [0.05, 0.1) is 11.5 Å². The van der Waals surface area contributed by atoms with E-state index in [0.717, 1.165) is 12.1 Å². The summed E-state index contributed by atoms with van der Waals surface area (Å²) >= 11 is 5.85. The summed E-state index contributed by atoms with van der Waals surface area (Å²) < 4.78 is 86.4. The fourth-order valence-corrected chi connectivity index (χ4v) is 4.44. The molecular formula is C24H23Cl2F6N3O. The molecule has 0 amide bonds. The molecule has 1 fully saturated rings. The predicted octanol–water partition coefficient (Wildman–Crippen LogP) is 7.43. The lowest BCUT2D eigenvalue weighted by Crippen LogP contribution is -2.42. The van der Waals surface area contributed by atoms with Crippen molar-refractivity contribution in [2.45, 2.75) is 37.5 Å². The van der Waals surface area contributed by atoms with Crippen molar-refractivity contribution in [2.24, 2.45) is 5.92 Å². The third kappa shape index (κ3) is 7.14. The van der Waals surface area contributed by atoms with Crippen LogP contribution in [0, 0.1) is 5.92 Å². The van der Waals surface area contributed by atoms with E-state index < -0.39 is 30.3 Å². The zero-order chi connectivity index (χ0) is 25.2. The topological polar surface area (TPSA) is 42.2 Å². The number of halogens is 8. The largest absolute Gasteiger partial charge is 0.421 e. The standard InChI is InChI=1S/C24H22ClF6N3O.ClH/c25-20-8-6-15(7-9-20)22-33-32-21(35-22)12-19(24(29,30)31)14-34-10-2-4-17(13-34)16-3-1-5-18(11-16)23(26,27)28;/h1,3,5-9,11,17,19H,2,4,10,12-14H2;1H. The molecule has 0 radical (unpaired) electrons. The Hall–Kier alpha value is -2.30. The number of hydrogen-bond acceptors (Lipinski definition) is 4. The van der Waals surface area contributed by atoms with Gasteiger partial charge in [0.1, 0.15) is 0 Å². The second-order valence-electron chi connectivity index (χ2n) is 8.67. The fraction of sp³-hybridized carbons (Fsp3) is 0.417. The molecule has 12 heteroatoms. The van der Waals surface area contributed by atoms with E-state index in [0.29, 0.717) is 35.5 Å². The summed E-state index contributed by atoms with van der Waals surface area (Å²) in [7, 11) is 0. The van der Waals surface area contributed by atoms with Crippen LogP contribution in [-0.2, 0) is 12.6 Å². The minimum absolute atomic E-state index is 0. The van der Waals surface area contributed by atoms with Gasteiger partial charge in [0.15, 0.2) is 0 Å². The fourth-order valence-electron chi connectivity index (χ4n) is 4.31. The van der Waals surface area contributed by atoms with Crippen LogP contribution in [0.3, 0.4) is 0 Å². The van der Waals surface area contributed by atoms with Crippen molar-refractivity contribution in [3.8, 4) is 11.5 Å². The van der Waals surface area contributed by atoms with Crippen LogP contribution in [0.1, 0.15) is 35.8 Å². The maximum absolute atomic E-state index is 13.9. The van der Waals surface area contributed by atoms with Gasteiger partial charge in [-0.05, 0) is 61.2 Å². The molecule has 2 atom stereocenters. The molecule has 0 aliphatic carbocycles. The highest BCUT2D eigenvalue weighted by Crippen LogP contribution is 2.36. The number of alkyl halides is 6. The van der Waals surface area contributed by atoms with E-state index >= 15 is 0 Å². The summed E-state index contributed by atoms with van der Waals surface area (Å²) in [5.41, 5.74) is 0.266. The van der Waals surface area contributed by atoms with Gasteiger partial charge < -0.3 is 9.32 Å². The Morgan fingerprint density at radius 2 is 1.75 bits per heavy atom. The molecule has 4 nitrogen and oxygen atoms in total. The second-order valence-corrected chi connectivity index (χ2v) is 9.11. The van der Waals surface area contributed by atoms with Gasteiger partial charge in [-0.1, -0.05) is 29.8 Å². The third-order valence-electron chi connectivity index (χ3n) is 6.11. The van der Waals surface area contributed by atoms with E-state index in [1.807, 2.05) is 0 Å².